The zero-order valence-electron chi connectivity index (χ0n) is 14.9. The molecular weight excluding hydrogens is 316 g/mol. The Bertz CT molecular complexity index is 714. The third kappa shape index (κ3) is 4.18. The SMILES string of the molecule is CN(C)C(=O)[C@H](CC1CCCCC1)NC(=O)c1cc2ncccc2[nH]1. The highest BCUT2D eigenvalue weighted by molar-refractivity contribution is 5.99. The van der Waals surface area contributed by atoms with Crippen molar-refractivity contribution in [3.63, 3.8) is 0 Å². The monoisotopic (exact) mass is 342 g/mol. The molecule has 0 bridgehead atoms. The first-order valence-corrected chi connectivity index (χ1v) is 9.00. The molecule has 2 heterocycles. The van der Waals surface area contributed by atoms with E-state index in [9.17, 15) is 9.59 Å². The molecule has 6 nitrogen and oxygen atoms in total. The highest BCUT2D eigenvalue weighted by Crippen LogP contribution is 2.27. The van der Waals surface area contributed by atoms with Gasteiger partial charge in [0.1, 0.15) is 11.7 Å². The van der Waals surface area contributed by atoms with E-state index in [1.165, 1.54) is 19.3 Å². The van der Waals surface area contributed by atoms with Crippen LogP contribution in [0.2, 0.25) is 0 Å². The van der Waals surface area contributed by atoms with Crippen molar-refractivity contribution in [3.8, 4) is 0 Å². The number of nitrogens with zero attached hydrogens (tertiary/aromatic N) is 2. The Balaban J connectivity index is 1.73. The van der Waals surface area contributed by atoms with Crippen LogP contribution in [0.4, 0.5) is 0 Å². The first-order chi connectivity index (χ1) is 12.0. The zero-order chi connectivity index (χ0) is 17.8. The Kier molecular flexibility index (Phi) is 5.36. The van der Waals surface area contributed by atoms with Gasteiger partial charge in [0.2, 0.25) is 5.91 Å². The molecule has 2 amide bonds. The van der Waals surface area contributed by atoms with Crippen LogP contribution < -0.4 is 5.32 Å². The first kappa shape index (κ1) is 17.5. The topological polar surface area (TPSA) is 78.1 Å². The Hall–Kier alpha value is -2.37. The summed E-state index contributed by atoms with van der Waals surface area (Å²) < 4.78 is 0. The Morgan fingerprint density at radius 2 is 2.08 bits per heavy atom. The van der Waals surface area contributed by atoms with E-state index in [0.29, 0.717) is 18.0 Å². The summed E-state index contributed by atoms with van der Waals surface area (Å²) in [5.74, 6) is 0.203. The number of rotatable bonds is 5. The normalized spacial score (nSPS) is 16.6. The lowest BCUT2D eigenvalue weighted by atomic mass is 9.84. The van der Waals surface area contributed by atoms with Gasteiger partial charge < -0.3 is 15.2 Å². The van der Waals surface area contributed by atoms with Crippen LogP contribution in [0.15, 0.2) is 24.4 Å². The average molecular weight is 342 g/mol. The van der Waals surface area contributed by atoms with Gasteiger partial charge in [-0.15, -0.1) is 0 Å². The van der Waals surface area contributed by atoms with E-state index >= 15 is 0 Å². The van der Waals surface area contributed by atoms with Crippen LogP contribution in [0.1, 0.15) is 49.0 Å². The van der Waals surface area contributed by atoms with Gasteiger partial charge in [-0.1, -0.05) is 32.1 Å². The number of pyridine rings is 1. The van der Waals surface area contributed by atoms with Crippen molar-refractivity contribution in [3.05, 3.63) is 30.1 Å². The molecule has 134 valence electrons. The van der Waals surface area contributed by atoms with Crippen molar-refractivity contribution in [2.45, 2.75) is 44.6 Å². The van der Waals surface area contributed by atoms with Crippen LogP contribution in [0, 0.1) is 5.92 Å². The summed E-state index contributed by atoms with van der Waals surface area (Å²) >= 11 is 0. The van der Waals surface area contributed by atoms with E-state index in [1.54, 1.807) is 31.3 Å². The molecule has 1 atom stereocenters. The van der Waals surface area contributed by atoms with E-state index in [-0.39, 0.29) is 11.8 Å². The van der Waals surface area contributed by atoms with E-state index < -0.39 is 6.04 Å². The number of aromatic amines is 1. The molecule has 2 N–H and O–H groups in total. The second kappa shape index (κ2) is 7.68. The minimum Gasteiger partial charge on any atom is -0.349 e. The Morgan fingerprint density at radius 3 is 2.76 bits per heavy atom. The molecule has 1 fully saturated rings. The Morgan fingerprint density at radius 1 is 1.32 bits per heavy atom. The van der Waals surface area contributed by atoms with E-state index in [1.807, 2.05) is 12.1 Å². The minimum absolute atomic E-state index is 0.0480. The van der Waals surface area contributed by atoms with Crippen molar-refractivity contribution < 1.29 is 9.59 Å². The summed E-state index contributed by atoms with van der Waals surface area (Å²) in [6, 6.07) is 4.94. The summed E-state index contributed by atoms with van der Waals surface area (Å²) in [6.07, 6.45) is 8.40. The van der Waals surface area contributed by atoms with Crippen LogP contribution in [0.3, 0.4) is 0 Å². The molecular formula is C19H26N4O2. The maximum Gasteiger partial charge on any atom is 0.268 e. The highest BCUT2D eigenvalue weighted by Gasteiger charge is 2.27. The van der Waals surface area contributed by atoms with Crippen LogP contribution in [0.5, 0.6) is 0 Å². The number of hydrogen-bond acceptors (Lipinski definition) is 3. The number of carbonyl (C=O) groups excluding carboxylic acids is 2. The van der Waals surface area contributed by atoms with Crippen LogP contribution in [-0.2, 0) is 4.79 Å². The van der Waals surface area contributed by atoms with Gasteiger partial charge in [-0.2, -0.15) is 0 Å². The molecule has 2 aromatic rings. The van der Waals surface area contributed by atoms with Gasteiger partial charge in [0, 0.05) is 20.3 Å². The number of aromatic nitrogens is 2. The van der Waals surface area contributed by atoms with Gasteiger partial charge in [0.05, 0.1) is 11.0 Å². The number of amides is 2. The molecule has 6 heteroatoms. The molecule has 0 aliphatic heterocycles. The predicted molar refractivity (Wildman–Crippen MR) is 97.2 cm³/mol. The molecule has 1 saturated carbocycles. The van der Waals surface area contributed by atoms with Gasteiger partial charge in [0.15, 0.2) is 0 Å². The van der Waals surface area contributed by atoms with Crippen LogP contribution in [-0.4, -0.2) is 46.8 Å². The molecule has 1 aliphatic rings. The number of hydrogen-bond donors (Lipinski definition) is 2. The van der Waals surface area contributed by atoms with E-state index in [2.05, 4.69) is 15.3 Å². The van der Waals surface area contributed by atoms with Crippen LogP contribution >= 0.6 is 0 Å². The van der Waals surface area contributed by atoms with Gasteiger partial charge in [0.25, 0.3) is 5.91 Å². The van der Waals surface area contributed by atoms with Crippen molar-refractivity contribution in [2.75, 3.05) is 14.1 Å². The number of carbonyl (C=O) groups is 2. The number of H-pyrrole nitrogens is 1. The zero-order valence-corrected chi connectivity index (χ0v) is 14.9. The number of fused-ring (bicyclic) bond motifs is 1. The maximum atomic E-state index is 12.7. The fourth-order valence-corrected chi connectivity index (χ4v) is 3.60. The fraction of sp³-hybridized carbons (Fsp3) is 0.526. The van der Waals surface area contributed by atoms with E-state index in [4.69, 9.17) is 0 Å². The Labute approximate surface area is 148 Å². The minimum atomic E-state index is -0.482. The summed E-state index contributed by atoms with van der Waals surface area (Å²) in [7, 11) is 3.46. The third-order valence-corrected chi connectivity index (χ3v) is 4.97. The molecule has 2 aromatic heterocycles. The lowest BCUT2D eigenvalue weighted by Gasteiger charge is -2.28. The fourth-order valence-electron chi connectivity index (χ4n) is 3.60. The summed E-state index contributed by atoms with van der Waals surface area (Å²) in [5, 5.41) is 2.93. The lowest BCUT2D eigenvalue weighted by Crippen LogP contribution is -2.47. The largest absolute Gasteiger partial charge is 0.349 e. The molecule has 0 unspecified atom stereocenters. The van der Waals surface area contributed by atoms with Gasteiger partial charge in [-0.05, 0) is 30.5 Å². The molecule has 3 rings (SSSR count). The average Bonchev–Trinajstić information content (AvgIpc) is 3.05. The van der Waals surface area contributed by atoms with Crippen LogP contribution in [0.25, 0.3) is 11.0 Å². The second-order valence-corrected chi connectivity index (χ2v) is 7.12. The van der Waals surface area contributed by atoms with Gasteiger partial charge >= 0.3 is 0 Å². The van der Waals surface area contributed by atoms with Gasteiger partial charge in [-0.3, -0.25) is 14.6 Å². The van der Waals surface area contributed by atoms with Crippen molar-refractivity contribution in [1.29, 1.82) is 0 Å². The predicted octanol–water partition coefficient (Wildman–Crippen LogP) is 2.72. The maximum absolute atomic E-state index is 12.7. The standard InChI is InChI=1S/C19H26N4O2/c1-23(2)19(25)17(11-13-7-4-3-5-8-13)22-18(24)16-12-15-14(21-16)9-6-10-20-15/h6,9-10,12-13,17,21H,3-5,7-8,11H2,1-2H3,(H,22,24)/t17-/m0/s1. The van der Waals surface area contributed by atoms with Crippen molar-refractivity contribution in [1.82, 2.24) is 20.2 Å². The van der Waals surface area contributed by atoms with E-state index in [0.717, 1.165) is 23.9 Å². The van der Waals surface area contributed by atoms with Crippen molar-refractivity contribution in [2.24, 2.45) is 5.92 Å². The number of nitrogens with one attached hydrogen (secondary N) is 2. The molecule has 0 radical (unpaired) electrons. The van der Waals surface area contributed by atoms with Crippen molar-refractivity contribution >= 4 is 22.8 Å². The number of likely N-dealkylation sites (N-methyl/N-ethyl adjacent to an activating group) is 1. The summed E-state index contributed by atoms with van der Waals surface area (Å²) in [5.41, 5.74) is 2.00. The first-order valence-electron chi connectivity index (χ1n) is 9.00. The second-order valence-electron chi connectivity index (χ2n) is 7.12. The highest BCUT2D eigenvalue weighted by atomic mass is 16.2. The van der Waals surface area contributed by atoms with Gasteiger partial charge in [-0.25, -0.2) is 0 Å². The third-order valence-electron chi connectivity index (χ3n) is 4.97. The molecule has 25 heavy (non-hydrogen) atoms. The molecule has 0 saturated heterocycles. The lowest BCUT2D eigenvalue weighted by molar-refractivity contribution is -0.131. The molecule has 0 aromatic carbocycles. The quantitative estimate of drug-likeness (QED) is 0.877. The molecule has 1 aliphatic carbocycles. The summed E-state index contributed by atoms with van der Waals surface area (Å²) in [6.45, 7) is 0. The summed E-state index contributed by atoms with van der Waals surface area (Å²) in [4.78, 5) is 34.1. The smallest absolute Gasteiger partial charge is 0.268 e. The molecule has 0 spiro atoms.